The summed E-state index contributed by atoms with van der Waals surface area (Å²) in [7, 11) is 0. The van der Waals surface area contributed by atoms with Crippen LogP contribution in [-0.2, 0) is 0 Å². The minimum atomic E-state index is 0.899. The van der Waals surface area contributed by atoms with Gasteiger partial charge in [-0.2, -0.15) is 0 Å². The van der Waals surface area contributed by atoms with Crippen LogP contribution in [0.1, 0.15) is 0 Å². The highest BCUT2D eigenvalue weighted by Crippen LogP contribution is 2.51. The fourth-order valence-corrected chi connectivity index (χ4v) is 8.79. The van der Waals surface area contributed by atoms with E-state index in [1.54, 1.807) is 0 Å². The van der Waals surface area contributed by atoms with Gasteiger partial charge in [-0.3, -0.25) is 0 Å². The highest BCUT2D eigenvalue weighted by molar-refractivity contribution is 6.33. The molecule has 0 atom stereocenters. The number of para-hydroxylation sites is 1. The van der Waals surface area contributed by atoms with E-state index in [0.717, 1.165) is 21.9 Å². The molecule has 1 nitrogen and oxygen atoms in total. The summed E-state index contributed by atoms with van der Waals surface area (Å²) in [5, 5.41) is 14.9. The van der Waals surface area contributed by atoms with Crippen molar-refractivity contribution < 1.29 is 4.42 Å². The topological polar surface area (TPSA) is 13.1 Å². The van der Waals surface area contributed by atoms with Crippen LogP contribution in [0.4, 0.5) is 0 Å². The maximum absolute atomic E-state index is 6.55. The lowest BCUT2D eigenvalue weighted by Gasteiger charge is -2.22. The number of hydrogen-bond acceptors (Lipinski definition) is 1. The van der Waals surface area contributed by atoms with Crippen molar-refractivity contribution in [2.24, 2.45) is 0 Å². The zero-order chi connectivity index (χ0) is 33.5. The Hall–Kier alpha value is -6.70. The van der Waals surface area contributed by atoms with Gasteiger partial charge < -0.3 is 4.42 Å². The van der Waals surface area contributed by atoms with Gasteiger partial charge in [0.05, 0.1) is 0 Å². The number of benzene rings is 10. The summed E-state index contributed by atoms with van der Waals surface area (Å²) in [6, 6.07) is 66.2. The molecule has 51 heavy (non-hydrogen) atoms. The van der Waals surface area contributed by atoms with E-state index >= 15 is 0 Å². The Balaban J connectivity index is 1.35. The van der Waals surface area contributed by atoms with Gasteiger partial charge in [0, 0.05) is 16.3 Å². The van der Waals surface area contributed by atoms with Crippen molar-refractivity contribution in [3.05, 3.63) is 182 Å². The molecule has 0 N–H and O–H groups in total. The molecule has 0 unspecified atom stereocenters. The molecule has 0 spiro atoms. The molecule has 10 aromatic carbocycles. The molecular formula is C50H30O. The fourth-order valence-electron chi connectivity index (χ4n) is 8.79. The summed E-state index contributed by atoms with van der Waals surface area (Å²) < 4.78 is 6.55. The third-order valence-corrected chi connectivity index (χ3v) is 10.8. The van der Waals surface area contributed by atoms with E-state index in [0.29, 0.717) is 0 Å². The Morgan fingerprint density at radius 2 is 0.706 bits per heavy atom. The molecule has 1 aromatic heterocycles. The molecule has 0 amide bonds. The second-order valence-electron chi connectivity index (χ2n) is 13.5. The molecule has 11 aromatic rings. The average molecular weight is 647 g/mol. The standard InChI is InChI=1S/C50H30O/c1-2-15-31(16-3-1)32-29-30-45-49(42-25-12-13-28-44(42)51-45)50(32)48-40-23-10-8-21-38(40)47(39-22-9-11-24-41(39)48)43-27-14-26-37-35-18-5-4-17-33(35)34-19-6-7-20-36(34)46(37)43/h1-30H. The Labute approximate surface area is 294 Å². The number of furan rings is 1. The lowest BCUT2D eigenvalue weighted by atomic mass is 9.81. The zero-order valence-corrected chi connectivity index (χ0v) is 27.7. The van der Waals surface area contributed by atoms with Crippen molar-refractivity contribution in [3.8, 4) is 33.4 Å². The van der Waals surface area contributed by atoms with E-state index in [1.807, 2.05) is 0 Å². The third kappa shape index (κ3) is 4.03. The van der Waals surface area contributed by atoms with Gasteiger partial charge in [-0.1, -0.05) is 170 Å². The van der Waals surface area contributed by atoms with Gasteiger partial charge in [0.2, 0.25) is 0 Å². The fraction of sp³-hybridized carbons (Fsp3) is 0. The quantitative estimate of drug-likeness (QED) is 0.138. The van der Waals surface area contributed by atoms with Crippen LogP contribution >= 0.6 is 0 Å². The molecule has 0 aliphatic heterocycles. The van der Waals surface area contributed by atoms with Gasteiger partial charge in [-0.15, -0.1) is 0 Å². The van der Waals surface area contributed by atoms with Crippen LogP contribution in [0.2, 0.25) is 0 Å². The van der Waals surface area contributed by atoms with E-state index in [1.165, 1.54) is 87.2 Å². The highest BCUT2D eigenvalue weighted by atomic mass is 16.3. The first-order valence-electron chi connectivity index (χ1n) is 17.6. The minimum absolute atomic E-state index is 0.899. The summed E-state index contributed by atoms with van der Waals surface area (Å²) in [6.45, 7) is 0. The van der Waals surface area contributed by atoms with E-state index in [9.17, 15) is 0 Å². The van der Waals surface area contributed by atoms with Crippen LogP contribution in [0.5, 0.6) is 0 Å². The predicted molar refractivity (Wildman–Crippen MR) is 218 cm³/mol. The van der Waals surface area contributed by atoms with Gasteiger partial charge in [0.25, 0.3) is 0 Å². The number of fused-ring (bicyclic) bond motifs is 11. The van der Waals surface area contributed by atoms with Crippen molar-refractivity contribution in [1.82, 2.24) is 0 Å². The Kier molecular flexibility index (Phi) is 6.02. The predicted octanol–water partition coefficient (Wildman–Crippen LogP) is 14.4. The summed E-state index contributed by atoms with van der Waals surface area (Å²) in [4.78, 5) is 0. The molecule has 11 rings (SSSR count). The van der Waals surface area contributed by atoms with Crippen LogP contribution in [0.3, 0.4) is 0 Å². The number of hydrogen-bond donors (Lipinski definition) is 0. The molecule has 0 fully saturated rings. The molecular weight excluding hydrogens is 617 g/mol. The average Bonchev–Trinajstić information content (AvgIpc) is 3.59. The highest BCUT2D eigenvalue weighted by Gasteiger charge is 2.24. The van der Waals surface area contributed by atoms with Crippen molar-refractivity contribution in [3.63, 3.8) is 0 Å². The second-order valence-corrected chi connectivity index (χ2v) is 13.5. The van der Waals surface area contributed by atoms with Crippen LogP contribution in [0.25, 0.3) is 109 Å². The van der Waals surface area contributed by atoms with Crippen molar-refractivity contribution in [2.75, 3.05) is 0 Å². The lowest BCUT2D eigenvalue weighted by Crippen LogP contribution is -1.94. The summed E-state index contributed by atoms with van der Waals surface area (Å²) in [6.07, 6.45) is 0. The van der Waals surface area contributed by atoms with Crippen molar-refractivity contribution in [1.29, 1.82) is 0 Å². The smallest absolute Gasteiger partial charge is 0.136 e. The first kappa shape index (κ1) is 28.2. The van der Waals surface area contributed by atoms with E-state index in [2.05, 4.69) is 182 Å². The molecule has 1 heterocycles. The Morgan fingerprint density at radius 1 is 0.235 bits per heavy atom. The lowest BCUT2D eigenvalue weighted by molar-refractivity contribution is 0.669. The monoisotopic (exact) mass is 646 g/mol. The normalized spacial score (nSPS) is 11.9. The molecule has 0 saturated carbocycles. The minimum Gasteiger partial charge on any atom is -0.456 e. The molecule has 1 heteroatoms. The van der Waals surface area contributed by atoms with E-state index in [-0.39, 0.29) is 0 Å². The van der Waals surface area contributed by atoms with E-state index in [4.69, 9.17) is 4.42 Å². The Morgan fingerprint density at radius 3 is 1.33 bits per heavy atom. The van der Waals surface area contributed by atoms with Crippen molar-refractivity contribution in [2.45, 2.75) is 0 Å². The summed E-state index contributed by atoms with van der Waals surface area (Å²) in [5.74, 6) is 0. The van der Waals surface area contributed by atoms with Gasteiger partial charge in [0.15, 0.2) is 0 Å². The maximum atomic E-state index is 6.55. The van der Waals surface area contributed by atoms with Gasteiger partial charge in [-0.05, 0) is 93.8 Å². The summed E-state index contributed by atoms with van der Waals surface area (Å²) >= 11 is 0. The largest absolute Gasteiger partial charge is 0.456 e. The molecule has 0 saturated heterocycles. The maximum Gasteiger partial charge on any atom is 0.136 e. The van der Waals surface area contributed by atoms with Crippen LogP contribution < -0.4 is 0 Å². The van der Waals surface area contributed by atoms with Crippen molar-refractivity contribution >= 4 is 75.8 Å². The van der Waals surface area contributed by atoms with Gasteiger partial charge >= 0.3 is 0 Å². The second kappa shape index (κ2) is 10.9. The van der Waals surface area contributed by atoms with Crippen LogP contribution in [0.15, 0.2) is 186 Å². The molecule has 0 aliphatic carbocycles. The van der Waals surface area contributed by atoms with E-state index < -0.39 is 0 Å². The first-order chi connectivity index (χ1) is 25.3. The molecule has 0 radical (unpaired) electrons. The summed E-state index contributed by atoms with van der Waals surface area (Å²) in [5.41, 5.74) is 9.14. The van der Waals surface area contributed by atoms with Crippen LogP contribution in [0, 0.1) is 0 Å². The van der Waals surface area contributed by atoms with Gasteiger partial charge in [0.1, 0.15) is 11.2 Å². The Bertz CT molecular complexity index is 3080. The van der Waals surface area contributed by atoms with Crippen LogP contribution in [-0.4, -0.2) is 0 Å². The molecule has 0 aliphatic rings. The molecule has 0 bridgehead atoms. The number of rotatable bonds is 3. The third-order valence-electron chi connectivity index (χ3n) is 10.8. The zero-order valence-electron chi connectivity index (χ0n) is 27.7. The van der Waals surface area contributed by atoms with Gasteiger partial charge in [-0.25, -0.2) is 0 Å². The SMILES string of the molecule is c1ccc(-c2ccc3oc4ccccc4c3c2-c2c3ccccc3c(-c3cccc4c5ccccc5c5ccccc5c34)c3ccccc23)cc1. The first-order valence-corrected chi connectivity index (χ1v) is 17.6. The molecule has 236 valence electrons.